The van der Waals surface area contributed by atoms with Crippen LogP contribution in [-0.4, -0.2) is 10.9 Å². The first-order valence-corrected chi connectivity index (χ1v) is 7.99. The van der Waals surface area contributed by atoms with Crippen molar-refractivity contribution in [2.75, 3.05) is 10.6 Å². The van der Waals surface area contributed by atoms with E-state index in [9.17, 15) is 13.6 Å². The summed E-state index contributed by atoms with van der Waals surface area (Å²) in [6.45, 7) is 3.98. The second kappa shape index (κ2) is 7.31. The molecule has 6 heteroatoms. The van der Waals surface area contributed by atoms with Crippen molar-refractivity contribution in [2.45, 2.75) is 13.8 Å². The van der Waals surface area contributed by atoms with E-state index in [0.29, 0.717) is 5.69 Å². The summed E-state index contributed by atoms with van der Waals surface area (Å²) < 4.78 is 27.4. The minimum Gasteiger partial charge on any atom is -0.354 e. The van der Waals surface area contributed by atoms with Gasteiger partial charge in [0, 0.05) is 11.9 Å². The third-order valence-corrected chi connectivity index (χ3v) is 3.86. The molecule has 0 atom stereocenters. The summed E-state index contributed by atoms with van der Waals surface area (Å²) in [7, 11) is 0. The minimum atomic E-state index is -0.837. The van der Waals surface area contributed by atoms with Crippen molar-refractivity contribution >= 4 is 23.0 Å². The second-order valence-electron chi connectivity index (χ2n) is 5.96. The molecule has 4 nitrogen and oxygen atoms in total. The lowest BCUT2D eigenvalue weighted by molar-refractivity contribution is 0.102. The molecule has 0 radical (unpaired) electrons. The minimum absolute atomic E-state index is 0.183. The molecular formula is C20H17F2N3O. The zero-order chi connectivity index (χ0) is 18.7. The van der Waals surface area contributed by atoms with Gasteiger partial charge in [0.05, 0.1) is 17.4 Å². The number of hydrogen-bond donors (Lipinski definition) is 2. The second-order valence-corrected chi connectivity index (χ2v) is 5.96. The van der Waals surface area contributed by atoms with Gasteiger partial charge in [-0.15, -0.1) is 0 Å². The Hall–Kier alpha value is -3.28. The Morgan fingerprint density at radius 1 is 1.00 bits per heavy atom. The van der Waals surface area contributed by atoms with Crippen LogP contribution in [0.3, 0.4) is 0 Å². The Labute approximate surface area is 149 Å². The number of aromatic nitrogens is 1. The molecule has 132 valence electrons. The van der Waals surface area contributed by atoms with E-state index in [1.165, 1.54) is 12.3 Å². The highest BCUT2D eigenvalue weighted by atomic mass is 19.1. The smallest absolute Gasteiger partial charge is 0.257 e. The summed E-state index contributed by atoms with van der Waals surface area (Å²) in [5.41, 5.74) is 3.38. The van der Waals surface area contributed by atoms with Crippen LogP contribution in [0.15, 0.2) is 54.9 Å². The fraction of sp³-hybridized carbons (Fsp3) is 0.100. The third kappa shape index (κ3) is 3.85. The highest BCUT2D eigenvalue weighted by Gasteiger charge is 2.14. The molecule has 0 saturated carbocycles. The number of benzene rings is 2. The molecule has 0 aliphatic heterocycles. The van der Waals surface area contributed by atoms with E-state index in [1.54, 1.807) is 12.3 Å². The number of hydrogen-bond acceptors (Lipinski definition) is 3. The molecule has 0 bridgehead atoms. The van der Waals surface area contributed by atoms with Gasteiger partial charge in [-0.2, -0.15) is 0 Å². The molecule has 2 aromatic carbocycles. The molecule has 3 aromatic rings. The first-order chi connectivity index (χ1) is 12.4. The number of rotatable bonds is 4. The number of anilines is 3. The molecule has 0 fully saturated rings. The van der Waals surface area contributed by atoms with Crippen molar-refractivity contribution in [3.8, 4) is 0 Å². The van der Waals surface area contributed by atoms with E-state index in [1.807, 2.05) is 32.0 Å². The fourth-order valence-corrected chi connectivity index (χ4v) is 2.54. The summed E-state index contributed by atoms with van der Waals surface area (Å²) in [4.78, 5) is 16.3. The molecule has 1 aromatic heterocycles. The lowest BCUT2D eigenvalue weighted by Gasteiger charge is -2.11. The van der Waals surface area contributed by atoms with Crippen LogP contribution in [0, 0.1) is 25.5 Å². The van der Waals surface area contributed by atoms with Gasteiger partial charge in [-0.3, -0.25) is 9.78 Å². The van der Waals surface area contributed by atoms with Crippen LogP contribution in [0.25, 0.3) is 0 Å². The third-order valence-electron chi connectivity index (χ3n) is 3.86. The van der Waals surface area contributed by atoms with Crippen LogP contribution >= 0.6 is 0 Å². The monoisotopic (exact) mass is 353 g/mol. The number of nitrogens with one attached hydrogen (secondary N) is 2. The number of carbonyl (C=O) groups is 1. The van der Waals surface area contributed by atoms with Crippen molar-refractivity contribution in [3.63, 3.8) is 0 Å². The van der Waals surface area contributed by atoms with Crippen LogP contribution in [0.2, 0.25) is 0 Å². The average Bonchev–Trinajstić information content (AvgIpc) is 2.61. The number of amides is 1. The zero-order valence-electron chi connectivity index (χ0n) is 14.3. The molecule has 0 aliphatic rings. The SMILES string of the molecule is Cc1ccc(Nc2cncc(C(=O)Nc3c(F)cccc3F)c2)c(C)c1. The lowest BCUT2D eigenvalue weighted by Crippen LogP contribution is -2.14. The summed E-state index contributed by atoms with van der Waals surface area (Å²) in [5.74, 6) is -2.32. The maximum atomic E-state index is 13.7. The molecule has 0 spiro atoms. The average molecular weight is 353 g/mol. The molecule has 3 rings (SSSR count). The fourth-order valence-electron chi connectivity index (χ4n) is 2.54. The Kier molecular flexibility index (Phi) is 4.93. The predicted molar refractivity (Wildman–Crippen MR) is 97.7 cm³/mol. The highest BCUT2D eigenvalue weighted by Crippen LogP contribution is 2.23. The van der Waals surface area contributed by atoms with Gasteiger partial charge in [0.2, 0.25) is 0 Å². The van der Waals surface area contributed by atoms with Crippen molar-refractivity contribution in [1.82, 2.24) is 4.98 Å². The molecule has 26 heavy (non-hydrogen) atoms. The van der Waals surface area contributed by atoms with Gasteiger partial charge in [0.1, 0.15) is 17.3 Å². The largest absolute Gasteiger partial charge is 0.354 e. The molecule has 0 aliphatic carbocycles. The van der Waals surface area contributed by atoms with Crippen LogP contribution in [0.1, 0.15) is 21.5 Å². The zero-order valence-corrected chi connectivity index (χ0v) is 14.3. The Morgan fingerprint density at radius 2 is 1.73 bits per heavy atom. The molecule has 1 heterocycles. The van der Waals surface area contributed by atoms with E-state index in [0.717, 1.165) is 28.9 Å². The van der Waals surface area contributed by atoms with Crippen LogP contribution in [-0.2, 0) is 0 Å². The van der Waals surface area contributed by atoms with E-state index >= 15 is 0 Å². The lowest BCUT2D eigenvalue weighted by atomic mass is 10.1. The van der Waals surface area contributed by atoms with E-state index < -0.39 is 23.2 Å². The maximum absolute atomic E-state index is 13.7. The van der Waals surface area contributed by atoms with Gasteiger partial charge < -0.3 is 10.6 Å². The van der Waals surface area contributed by atoms with Gasteiger partial charge in [0.25, 0.3) is 5.91 Å². The molecule has 0 saturated heterocycles. The van der Waals surface area contributed by atoms with Gasteiger partial charge in [-0.25, -0.2) is 8.78 Å². The topological polar surface area (TPSA) is 54.0 Å². The van der Waals surface area contributed by atoms with Crippen molar-refractivity contribution in [1.29, 1.82) is 0 Å². The number of aryl methyl sites for hydroxylation is 2. The molecule has 0 unspecified atom stereocenters. The number of carbonyl (C=O) groups excluding carboxylic acids is 1. The molecule has 1 amide bonds. The van der Waals surface area contributed by atoms with Gasteiger partial charge >= 0.3 is 0 Å². The van der Waals surface area contributed by atoms with Crippen molar-refractivity contribution < 1.29 is 13.6 Å². The van der Waals surface area contributed by atoms with Gasteiger partial charge in [-0.1, -0.05) is 23.8 Å². The van der Waals surface area contributed by atoms with Crippen molar-refractivity contribution in [2.24, 2.45) is 0 Å². The number of nitrogens with zero attached hydrogens (tertiary/aromatic N) is 1. The van der Waals surface area contributed by atoms with Crippen LogP contribution in [0.5, 0.6) is 0 Å². The Balaban J connectivity index is 1.81. The quantitative estimate of drug-likeness (QED) is 0.696. The predicted octanol–water partition coefficient (Wildman–Crippen LogP) is 4.97. The first-order valence-electron chi connectivity index (χ1n) is 7.99. The van der Waals surface area contributed by atoms with Crippen molar-refractivity contribution in [3.05, 3.63) is 83.2 Å². The van der Waals surface area contributed by atoms with Gasteiger partial charge in [-0.05, 0) is 43.7 Å². The van der Waals surface area contributed by atoms with E-state index in [2.05, 4.69) is 15.6 Å². The van der Waals surface area contributed by atoms with Crippen LogP contribution in [0.4, 0.5) is 25.8 Å². The maximum Gasteiger partial charge on any atom is 0.257 e. The summed E-state index contributed by atoms with van der Waals surface area (Å²) in [6.07, 6.45) is 2.90. The standard InChI is InChI=1S/C20H17F2N3O/c1-12-6-7-18(13(2)8-12)24-15-9-14(10-23-11-15)20(26)25-19-16(21)4-3-5-17(19)22/h3-11,24H,1-2H3,(H,25,26). The number of halogens is 2. The summed E-state index contributed by atoms with van der Waals surface area (Å²) >= 11 is 0. The number of pyridine rings is 1. The normalized spacial score (nSPS) is 10.5. The number of para-hydroxylation sites is 1. The van der Waals surface area contributed by atoms with E-state index in [4.69, 9.17) is 0 Å². The van der Waals surface area contributed by atoms with Crippen LogP contribution < -0.4 is 10.6 Å². The summed E-state index contributed by atoms with van der Waals surface area (Å²) in [6, 6.07) is 10.9. The highest BCUT2D eigenvalue weighted by molar-refractivity contribution is 6.04. The molecular weight excluding hydrogens is 336 g/mol. The first kappa shape index (κ1) is 17.5. The Morgan fingerprint density at radius 3 is 2.42 bits per heavy atom. The Bertz CT molecular complexity index is 953. The van der Waals surface area contributed by atoms with E-state index in [-0.39, 0.29) is 5.56 Å². The summed E-state index contributed by atoms with van der Waals surface area (Å²) in [5, 5.41) is 5.44. The molecule has 2 N–H and O–H groups in total. The van der Waals surface area contributed by atoms with Gasteiger partial charge in [0.15, 0.2) is 0 Å².